The van der Waals surface area contributed by atoms with Crippen molar-refractivity contribution in [3.63, 3.8) is 0 Å². The van der Waals surface area contributed by atoms with Gasteiger partial charge in [0.1, 0.15) is 6.04 Å². The van der Waals surface area contributed by atoms with Crippen LogP contribution in [0.1, 0.15) is 19.4 Å². The first-order valence-electron chi connectivity index (χ1n) is 5.14. The number of hydrogen-bond donors (Lipinski definition) is 1. The highest BCUT2D eigenvalue weighted by Crippen LogP contribution is 2.15. The Balaban J connectivity index is 2.02. The summed E-state index contributed by atoms with van der Waals surface area (Å²) in [5.41, 5.74) is 0. The maximum Gasteiger partial charge on any atom is 0.247 e. The van der Waals surface area contributed by atoms with Gasteiger partial charge in [-0.1, -0.05) is 0 Å². The Bertz CT molecular complexity index is 336. The average Bonchev–Trinajstić information content (AvgIpc) is 2.85. The highest BCUT2D eigenvalue weighted by molar-refractivity contribution is 5.80. The molecule has 0 saturated carbocycles. The molecule has 2 rings (SSSR count). The Kier molecular flexibility index (Phi) is 2.73. The zero-order valence-electron chi connectivity index (χ0n) is 8.71. The third-order valence-electron chi connectivity index (χ3n) is 2.75. The number of aliphatic hydroxyl groups excluding tert-OH is 1. The summed E-state index contributed by atoms with van der Waals surface area (Å²) in [6.07, 6.45) is 3.74. The van der Waals surface area contributed by atoms with Crippen molar-refractivity contribution in [2.75, 3.05) is 13.1 Å². The molecule has 1 saturated heterocycles. The zero-order valence-corrected chi connectivity index (χ0v) is 8.71. The van der Waals surface area contributed by atoms with Crippen LogP contribution in [0.4, 0.5) is 0 Å². The maximum absolute atomic E-state index is 11.9. The molecule has 1 N–H and O–H groups in total. The van der Waals surface area contributed by atoms with Crippen molar-refractivity contribution in [2.45, 2.75) is 25.5 Å². The lowest BCUT2D eigenvalue weighted by molar-refractivity contribution is -0.133. The van der Waals surface area contributed by atoms with Crippen LogP contribution in [-0.2, 0) is 4.79 Å². The molecule has 0 bridgehead atoms. The van der Waals surface area contributed by atoms with Crippen molar-refractivity contribution >= 4 is 5.91 Å². The minimum Gasteiger partial charge on any atom is -0.391 e. The topological polar surface area (TPSA) is 58.4 Å². The van der Waals surface area contributed by atoms with E-state index in [4.69, 9.17) is 0 Å². The number of β-amino-alcohol motifs (C(OH)–C–C–N with tert-alkyl or cyclic N) is 1. The van der Waals surface area contributed by atoms with Crippen molar-refractivity contribution in [2.24, 2.45) is 0 Å². The monoisotopic (exact) mass is 209 g/mol. The third kappa shape index (κ3) is 2.02. The number of likely N-dealkylation sites (tertiary alicyclic amines) is 1. The van der Waals surface area contributed by atoms with Gasteiger partial charge in [0.15, 0.2) is 0 Å². The van der Waals surface area contributed by atoms with Gasteiger partial charge in [0.25, 0.3) is 0 Å². The van der Waals surface area contributed by atoms with E-state index in [0.29, 0.717) is 19.5 Å². The molecule has 0 aliphatic carbocycles. The van der Waals surface area contributed by atoms with E-state index < -0.39 is 0 Å². The predicted molar refractivity (Wildman–Crippen MR) is 54.1 cm³/mol. The summed E-state index contributed by atoms with van der Waals surface area (Å²) in [5.74, 6) is 0.0234. The Morgan fingerprint density at radius 2 is 2.47 bits per heavy atom. The number of hydrogen-bond acceptors (Lipinski definition) is 3. The fourth-order valence-corrected chi connectivity index (χ4v) is 1.83. The number of carbonyl (C=O) groups is 1. The summed E-state index contributed by atoms with van der Waals surface area (Å²) in [5, 5.41) is 13.4. The quantitative estimate of drug-likeness (QED) is 0.748. The molecule has 5 nitrogen and oxygen atoms in total. The first kappa shape index (κ1) is 10.2. The summed E-state index contributed by atoms with van der Waals surface area (Å²) in [6, 6.07) is 1.51. The van der Waals surface area contributed by atoms with E-state index in [1.54, 1.807) is 28.0 Å². The van der Waals surface area contributed by atoms with Crippen molar-refractivity contribution in [1.29, 1.82) is 0 Å². The second kappa shape index (κ2) is 4.02. The molecule has 1 aliphatic rings. The van der Waals surface area contributed by atoms with E-state index in [-0.39, 0.29) is 18.1 Å². The van der Waals surface area contributed by atoms with E-state index in [9.17, 15) is 9.90 Å². The first-order chi connectivity index (χ1) is 7.18. The van der Waals surface area contributed by atoms with Gasteiger partial charge in [0, 0.05) is 25.5 Å². The molecule has 2 atom stereocenters. The third-order valence-corrected chi connectivity index (χ3v) is 2.75. The number of amides is 1. The Labute approximate surface area is 88.3 Å². The number of carbonyl (C=O) groups excluding carboxylic acids is 1. The van der Waals surface area contributed by atoms with Crippen molar-refractivity contribution in [3.05, 3.63) is 18.5 Å². The fourth-order valence-electron chi connectivity index (χ4n) is 1.83. The molecule has 0 spiro atoms. The van der Waals surface area contributed by atoms with Crippen LogP contribution >= 0.6 is 0 Å². The molecule has 1 aromatic rings. The van der Waals surface area contributed by atoms with Crippen LogP contribution in [-0.4, -0.2) is 44.9 Å². The SMILES string of the molecule is C[C@@H](C(=O)N1CC[C@H](O)C1)n1cccn1. The highest BCUT2D eigenvalue weighted by Gasteiger charge is 2.28. The molecular weight excluding hydrogens is 194 g/mol. The standard InChI is InChI=1S/C10H15N3O2/c1-8(13-5-2-4-11-13)10(15)12-6-3-9(14)7-12/h2,4-5,8-9,14H,3,6-7H2,1H3/t8-,9-/m0/s1. The van der Waals surface area contributed by atoms with Gasteiger partial charge in [-0.2, -0.15) is 5.10 Å². The van der Waals surface area contributed by atoms with E-state index in [1.807, 2.05) is 6.92 Å². The number of rotatable bonds is 2. The summed E-state index contributed by atoms with van der Waals surface area (Å²) < 4.78 is 1.63. The van der Waals surface area contributed by atoms with Crippen molar-refractivity contribution in [3.8, 4) is 0 Å². The van der Waals surface area contributed by atoms with Gasteiger partial charge in [-0.25, -0.2) is 0 Å². The van der Waals surface area contributed by atoms with Crippen LogP contribution in [0.15, 0.2) is 18.5 Å². The second-order valence-corrected chi connectivity index (χ2v) is 3.89. The molecule has 2 heterocycles. The minimum atomic E-state index is -0.362. The van der Waals surface area contributed by atoms with Gasteiger partial charge in [0.2, 0.25) is 5.91 Å². The Morgan fingerprint density at radius 1 is 1.67 bits per heavy atom. The van der Waals surface area contributed by atoms with Crippen LogP contribution < -0.4 is 0 Å². The number of nitrogens with zero attached hydrogens (tertiary/aromatic N) is 3. The summed E-state index contributed by atoms with van der Waals surface area (Å²) in [7, 11) is 0. The van der Waals surface area contributed by atoms with Gasteiger partial charge in [-0.3, -0.25) is 9.48 Å². The van der Waals surface area contributed by atoms with Gasteiger partial charge in [0.05, 0.1) is 6.10 Å². The lowest BCUT2D eigenvalue weighted by Gasteiger charge is -2.20. The molecule has 0 aromatic carbocycles. The lowest BCUT2D eigenvalue weighted by atomic mass is 10.3. The largest absolute Gasteiger partial charge is 0.391 e. The fraction of sp³-hybridized carbons (Fsp3) is 0.600. The maximum atomic E-state index is 11.9. The molecule has 5 heteroatoms. The van der Waals surface area contributed by atoms with Crippen LogP contribution in [0.2, 0.25) is 0 Å². The molecule has 82 valence electrons. The van der Waals surface area contributed by atoms with E-state index in [0.717, 1.165) is 0 Å². The normalized spacial score (nSPS) is 23.1. The average molecular weight is 209 g/mol. The predicted octanol–water partition coefficient (Wildman–Crippen LogP) is 0.0373. The van der Waals surface area contributed by atoms with Gasteiger partial charge in [-0.15, -0.1) is 0 Å². The smallest absolute Gasteiger partial charge is 0.247 e. The Morgan fingerprint density at radius 3 is 3.00 bits per heavy atom. The van der Waals surface area contributed by atoms with Gasteiger partial charge < -0.3 is 10.0 Å². The first-order valence-corrected chi connectivity index (χ1v) is 5.14. The molecule has 0 radical (unpaired) electrons. The summed E-state index contributed by atoms with van der Waals surface area (Å²) in [4.78, 5) is 13.6. The van der Waals surface area contributed by atoms with E-state index in [2.05, 4.69) is 5.10 Å². The molecule has 1 fully saturated rings. The van der Waals surface area contributed by atoms with E-state index in [1.165, 1.54) is 0 Å². The van der Waals surface area contributed by atoms with Crippen LogP contribution in [0.5, 0.6) is 0 Å². The Hall–Kier alpha value is -1.36. The van der Waals surface area contributed by atoms with Gasteiger partial charge >= 0.3 is 0 Å². The van der Waals surface area contributed by atoms with Gasteiger partial charge in [-0.05, 0) is 19.4 Å². The minimum absolute atomic E-state index is 0.0234. The summed E-state index contributed by atoms with van der Waals surface area (Å²) in [6.45, 7) is 2.91. The lowest BCUT2D eigenvalue weighted by Crippen LogP contribution is -2.35. The van der Waals surface area contributed by atoms with Crippen LogP contribution in [0.25, 0.3) is 0 Å². The molecule has 0 unspecified atom stereocenters. The molecule has 1 aliphatic heterocycles. The molecule has 1 amide bonds. The second-order valence-electron chi connectivity index (χ2n) is 3.89. The number of aliphatic hydroxyl groups is 1. The zero-order chi connectivity index (χ0) is 10.8. The molecule has 15 heavy (non-hydrogen) atoms. The molecule has 1 aromatic heterocycles. The van der Waals surface area contributed by atoms with Crippen molar-refractivity contribution in [1.82, 2.24) is 14.7 Å². The van der Waals surface area contributed by atoms with Crippen molar-refractivity contribution < 1.29 is 9.90 Å². The van der Waals surface area contributed by atoms with Crippen LogP contribution in [0, 0.1) is 0 Å². The highest BCUT2D eigenvalue weighted by atomic mass is 16.3. The van der Waals surface area contributed by atoms with E-state index >= 15 is 0 Å². The summed E-state index contributed by atoms with van der Waals surface area (Å²) >= 11 is 0. The van der Waals surface area contributed by atoms with Crippen LogP contribution in [0.3, 0.4) is 0 Å². The number of aromatic nitrogens is 2. The molecular formula is C10H15N3O2.